The van der Waals surface area contributed by atoms with E-state index in [0.29, 0.717) is 28.2 Å². The van der Waals surface area contributed by atoms with Crippen LogP contribution in [-0.2, 0) is 26.9 Å². The van der Waals surface area contributed by atoms with Crippen molar-refractivity contribution in [1.82, 2.24) is 9.97 Å². The van der Waals surface area contributed by atoms with E-state index in [2.05, 4.69) is 15.3 Å². The van der Waals surface area contributed by atoms with Crippen LogP contribution >= 0.6 is 11.6 Å². The number of carbonyl (C=O) groups is 2. The summed E-state index contributed by atoms with van der Waals surface area (Å²) in [4.78, 5) is 31.2. The summed E-state index contributed by atoms with van der Waals surface area (Å²) in [6, 6.07) is 16.3. The fourth-order valence-electron chi connectivity index (χ4n) is 4.01. The number of hydrogen-bond donors (Lipinski definition) is 4. The molecule has 4 aromatic rings. The van der Waals surface area contributed by atoms with Crippen LogP contribution in [0.1, 0.15) is 23.1 Å². The number of halogens is 4. The number of alkyl halides is 3. The number of anilines is 1. The molecule has 13 heteroatoms. The van der Waals surface area contributed by atoms with Gasteiger partial charge in [-0.3, -0.25) is 10.1 Å². The van der Waals surface area contributed by atoms with Gasteiger partial charge in [0.05, 0.1) is 23.2 Å². The molecule has 1 heterocycles. The average molecular weight is 603 g/mol. The Hall–Kier alpha value is -4.55. The molecule has 1 aromatic heterocycles. The van der Waals surface area contributed by atoms with E-state index in [1.165, 1.54) is 12.1 Å². The first-order valence-corrected chi connectivity index (χ1v) is 13.0. The Balaban J connectivity index is 1.50. The largest absolute Gasteiger partial charge is 0.491 e. The van der Waals surface area contributed by atoms with Crippen molar-refractivity contribution in [3.8, 4) is 5.75 Å². The number of aryl methyl sites for hydroxylation is 1. The van der Waals surface area contributed by atoms with Gasteiger partial charge in [0.1, 0.15) is 19.0 Å². The van der Waals surface area contributed by atoms with Gasteiger partial charge in [0.25, 0.3) is 5.91 Å². The van der Waals surface area contributed by atoms with E-state index < -0.39 is 30.2 Å². The lowest BCUT2D eigenvalue weighted by Gasteiger charge is -2.14. The molecular weight excluding hydrogens is 577 g/mol. The molecule has 4 rings (SSSR count). The van der Waals surface area contributed by atoms with Crippen molar-refractivity contribution in [2.75, 3.05) is 25.1 Å². The van der Waals surface area contributed by atoms with Crippen LogP contribution in [0.15, 0.2) is 72.3 Å². The molecule has 0 atom stereocenters. The number of imidazole rings is 1. The van der Waals surface area contributed by atoms with Crippen LogP contribution in [0, 0.1) is 0 Å². The Morgan fingerprint density at radius 3 is 2.40 bits per heavy atom. The number of carbonyl (C=O) groups excluding carboxylic acids is 1. The van der Waals surface area contributed by atoms with E-state index in [9.17, 15) is 22.8 Å². The lowest BCUT2D eigenvalue weighted by Crippen LogP contribution is -2.20. The first-order chi connectivity index (χ1) is 20.0. The molecule has 1 amide bonds. The van der Waals surface area contributed by atoms with Gasteiger partial charge >= 0.3 is 12.1 Å². The van der Waals surface area contributed by atoms with E-state index in [4.69, 9.17) is 31.9 Å². The lowest BCUT2D eigenvalue weighted by atomic mass is 9.98. The van der Waals surface area contributed by atoms with Crippen LogP contribution in [0.3, 0.4) is 0 Å². The molecule has 0 fully saturated rings. The fraction of sp³-hybridized carbons (Fsp3) is 0.207. The van der Waals surface area contributed by atoms with Gasteiger partial charge in [0.15, 0.2) is 0 Å². The summed E-state index contributed by atoms with van der Waals surface area (Å²) in [6.07, 6.45) is -3.97. The van der Waals surface area contributed by atoms with Gasteiger partial charge in [0.2, 0.25) is 5.95 Å². The highest BCUT2D eigenvalue weighted by atomic mass is 35.5. The van der Waals surface area contributed by atoms with Crippen LogP contribution in [0.4, 0.5) is 19.1 Å². The van der Waals surface area contributed by atoms with Crippen LogP contribution in [0.5, 0.6) is 5.75 Å². The highest BCUT2D eigenvalue weighted by Crippen LogP contribution is 2.30. The molecule has 0 aliphatic rings. The monoisotopic (exact) mass is 602 g/mol. The van der Waals surface area contributed by atoms with Gasteiger partial charge in [-0.2, -0.15) is 13.2 Å². The molecule has 0 aliphatic carbocycles. The third kappa shape index (κ3) is 8.24. The van der Waals surface area contributed by atoms with E-state index in [1.54, 1.807) is 42.5 Å². The van der Waals surface area contributed by atoms with Crippen molar-refractivity contribution < 1.29 is 37.3 Å². The molecule has 0 aliphatic heterocycles. The molecular formula is C29H26ClF3N4O5. The first kappa shape index (κ1) is 30.4. The summed E-state index contributed by atoms with van der Waals surface area (Å²) in [5, 5.41) is 11.8. The van der Waals surface area contributed by atoms with E-state index in [-0.39, 0.29) is 42.4 Å². The van der Waals surface area contributed by atoms with Crippen molar-refractivity contribution in [2.24, 2.45) is 5.73 Å². The van der Waals surface area contributed by atoms with Gasteiger partial charge in [-0.25, -0.2) is 9.78 Å². The number of carboxylic acids is 1. The number of carboxylic acid groups (broad SMARTS) is 1. The molecule has 9 nitrogen and oxygen atoms in total. The van der Waals surface area contributed by atoms with Crippen molar-refractivity contribution in [2.45, 2.75) is 19.0 Å². The maximum absolute atomic E-state index is 13.4. The number of amides is 1. The van der Waals surface area contributed by atoms with E-state index >= 15 is 0 Å². The molecule has 0 radical (unpaired) electrons. The molecule has 3 aromatic carbocycles. The second-order valence-electron chi connectivity index (χ2n) is 9.11. The Bertz CT molecular complexity index is 1590. The SMILES string of the molecule is N/C(=C(/CCc1ccc(OCCOCC(=O)O)cc1)C(=O)Nc1nc2ccc(Cl)cc2[nH]1)c1ccc(C(F)(F)F)cc1. The Morgan fingerprint density at radius 1 is 1.02 bits per heavy atom. The Kier molecular flexibility index (Phi) is 9.71. The van der Waals surface area contributed by atoms with Gasteiger partial charge in [-0.15, -0.1) is 0 Å². The molecule has 0 bridgehead atoms. The summed E-state index contributed by atoms with van der Waals surface area (Å²) in [5.74, 6) is -0.939. The van der Waals surface area contributed by atoms with Gasteiger partial charge in [-0.05, 0) is 66.4 Å². The third-order valence-electron chi connectivity index (χ3n) is 6.11. The molecule has 0 saturated carbocycles. The number of ether oxygens (including phenoxy) is 2. The quantitative estimate of drug-likeness (QED) is 0.121. The minimum atomic E-state index is -4.51. The standard InChI is InChI=1S/C29H26ClF3N4O5/c30-20-8-12-23-24(15-20)36-28(35-23)37-27(40)22(26(34)18-4-6-19(7-5-18)29(31,32)33)11-3-17-1-9-21(10-2-17)42-14-13-41-16-25(38)39/h1-2,4-10,12,15H,3,11,13-14,16,34H2,(H,38,39)(H2,35,36,37,40)/b26-22-. The maximum Gasteiger partial charge on any atom is 0.416 e. The Labute approximate surface area is 243 Å². The van der Waals surface area contributed by atoms with E-state index in [1.807, 2.05) is 0 Å². The minimum Gasteiger partial charge on any atom is -0.491 e. The van der Waals surface area contributed by atoms with Crippen LogP contribution in [0.2, 0.25) is 5.02 Å². The smallest absolute Gasteiger partial charge is 0.416 e. The maximum atomic E-state index is 13.4. The number of nitrogens with zero attached hydrogens (tertiary/aromatic N) is 1. The predicted octanol–water partition coefficient (Wildman–Crippen LogP) is 5.66. The number of aliphatic carboxylic acids is 1. The topological polar surface area (TPSA) is 140 Å². The third-order valence-corrected chi connectivity index (χ3v) is 6.34. The lowest BCUT2D eigenvalue weighted by molar-refractivity contribution is -0.142. The molecule has 0 saturated heterocycles. The molecule has 5 N–H and O–H groups in total. The summed E-state index contributed by atoms with van der Waals surface area (Å²) >= 11 is 6.03. The first-order valence-electron chi connectivity index (χ1n) is 12.6. The summed E-state index contributed by atoms with van der Waals surface area (Å²) in [7, 11) is 0. The summed E-state index contributed by atoms with van der Waals surface area (Å²) in [6.45, 7) is -0.137. The second kappa shape index (κ2) is 13.4. The molecule has 0 spiro atoms. The summed E-state index contributed by atoms with van der Waals surface area (Å²) < 4.78 is 49.7. The number of nitrogens with one attached hydrogen (secondary N) is 2. The molecule has 42 heavy (non-hydrogen) atoms. The molecule has 220 valence electrons. The highest BCUT2D eigenvalue weighted by Gasteiger charge is 2.30. The average Bonchev–Trinajstić information content (AvgIpc) is 3.34. The number of fused-ring (bicyclic) bond motifs is 1. The number of aromatic nitrogens is 2. The van der Waals surface area contributed by atoms with Crippen molar-refractivity contribution in [3.63, 3.8) is 0 Å². The number of nitrogens with two attached hydrogens (primary N) is 1. The number of hydrogen-bond acceptors (Lipinski definition) is 6. The van der Waals surface area contributed by atoms with Crippen molar-refractivity contribution >= 4 is 46.2 Å². The molecule has 0 unspecified atom stereocenters. The van der Waals surface area contributed by atoms with E-state index in [0.717, 1.165) is 17.7 Å². The number of rotatable bonds is 12. The van der Waals surface area contributed by atoms with Crippen LogP contribution < -0.4 is 15.8 Å². The zero-order chi connectivity index (χ0) is 30.3. The summed E-state index contributed by atoms with van der Waals surface area (Å²) in [5.41, 5.74) is 7.99. The fourth-order valence-corrected chi connectivity index (χ4v) is 4.18. The van der Waals surface area contributed by atoms with Gasteiger partial charge in [-0.1, -0.05) is 35.9 Å². The zero-order valence-electron chi connectivity index (χ0n) is 22.0. The van der Waals surface area contributed by atoms with Gasteiger partial charge in [0, 0.05) is 16.3 Å². The highest BCUT2D eigenvalue weighted by molar-refractivity contribution is 6.31. The second-order valence-corrected chi connectivity index (χ2v) is 9.54. The Morgan fingerprint density at radius 2 is 1.74 bits per heavy atom. The normalized spacial score (nSPS) is 12.2. The number of aromatic amines is 1. The predicted molar refractivity (Wildman–Crippen MR) is 151 cm³/mol. The minimum absolute atomic E-state index is 0.0293. The van der Waals surface area contributed by atoms with Crippen molar-refractivity contribution in [1.29, 1.82) is 0 Å². The van der Waals surface area contributed by atoms with Gasteiger partial charge < -0.3 is 25.3 Å². The van der Waals surface area contributed by atoms with Crippen LogP contribution in [0.25, 0.3) is 16.7 Å². The number of benzene rings is 3. The van der Waals surface area contributed by atoms with Crippen LogP contribution in [-0.4, -0.2) is 46.8 Å². The van der Waals surface area contributed by atoms with Crippen molar-refractivity contribution in [3.05, 3.63) is 94.0 Å². The number of H-pyrrole nitrogens is 1. The zero-order valence-corrected chi connectivity index (χ0v) is 22.8.